The van der Waals surface area contributed by atoms with E-state index >= 15 is 0 Å². The number of aliphatic hydroxyl groups is 1. The zero-order valence-corrected chi connectivity index (χ0v) is 10.2. The van der Waals surface area contributed by atoms with E-state index < -0.39 is 6.10 Å². The topological polar surface area (TPSA) is 58.6 Å². The molecule has 0 aromatic heterocycles. The third kappa shape index (κ3) is 2.08. The number of carbonyl (C=O) groups excluding carboxylic acids is 1. The molecular weight excluding hydrogens is 230 g/mol. The fraction of sp³-hybridized carbons (Fsp3) is 0.500. The molecule has 1 amide bonds. The van der Waals surface area contributed by atoms with Gasteiger partial charge < -0.3 is 15.2 Å². The van der Waals surface area contributed by atoms with Crippen LogP contribution in [0.25, 0.3) is 0 Å². The minimum absolute atomic E-state index is 0.0670. The number of aliphatic hydroxyl groups excluding tert-OH is 1. The highest BCUT2D eigenvalue weighted by Crippen LogP contribution is 2.38. The summed E-state index contributed by atoms with van der Waals surface area (Å²) in [7, 11) is 0. The van der Waals surface area contributed by atoms with E-state index in [9.17, 15) is 9.90 Å². The predicted octanol–water partition coefficient (Wildman–Crippen LogP) is 2.24. The van der Waals surface area contributed by atoms with Crippen LogP contribution >= 0.6 is 0 Å². The summed E-state index contributed by atoms with van der Waals surface area (Å²) in [5, 5.41) is 13.1. The van der Waals surface area contributed by atoms with E-state index in [1.54, 1.807) is 0 Å². The van der Waals surface area contributed by atoms with Gasteiger partial charge in [0.2, 0.25) is 0 Å². The van der Waals surface area contributed by atoms with Gasteiger partial charge in [0.25, 0.3) is 5.91 Å². The van der Waals surface area contributed by atoms with E-state index in [0.29, 0.717) is 17.4 Å². The molecule has 3 rings (SSSR count). The molecule has 1 aromatic carbocycles. The van der Waals surface area contributed by atoms with Gasteiger partial charge in [-0.05, 0) is 36.5 Å². The Morgan fingerprint density at radius 1 is 1.33 bits per heavy atom. The average Bonchev–Trinajstić information content (AvgIpc) is 2.90. The third-order valence-electron chi connectivity index (χ3n) is 3.82. The minimum atomic E-state index is -0.434. The second-order valence-corrected chi connectivity index (χ2v) is 5.08. The maximum Gasteiger partial charge on any atom is 0.262 e. The molecule has 1 saturated carbocycles. The fourth-order valence-electron chi connectivity index (χ4n) is 2.83. The molecule has 0 bridgehead atoms. The summed E-state index contributed by atoms with van der Waals surface area (Å²) < 4.78 is 5.30. The van der Waals surface area contributed by atoms with Crippen LogP contribution in [0.5, 0.6) is 5.75 Å². The van der Waals surface area contributed by atoms with Crippen molar-refractivity contribution in [2.45, 2.75) is 31.8 Å². The lowest BCUT2D eigenvalue weighted by Crippen LogP contribution is -2.25. The largest absolute Gasteiger partial charge is 0.482 e. The summed E-state index contributed by atoms with van der Waals surface area (Å²) in [4.78, 5) is 11.3. The summed E-state index contributed by atoms with van der Waals surface area (Å²) >= 11 is 0. The van der Waals surface area contributed by atoms with E-state index in [1.165, 1.54) is 12.8 Å². The lowest BCUT2D eigenvalue weighted by atomic mass is 9.94. The number of anilines is 1. The molecule has 4 heteroatoms. The monoisotopic (exact) mass is 247 g/mol. The Kier molecular flexibility index (Phi) is 2.96. The zero-order chi connectivity index (χ0) is 12.5. The smallest absolute Gasteiger partial charge is 0.262 e. The van der Waals surface area contributed by atoms with Crippen molar-refractivity contribution in [3.8, 4) is 5.75 Å². The van der Waals surface area contributed by atoms with Crippen molar-refractivity contribution in [3.63, 3.8) is 0 Å². The Hall–Kier alpha value is -1.55. The van der Waals surface area contributed by atoms with Crippen molar-refractivity contribution >= 4 is 11.6 Å². The van der Waals surface area contributed by atoms with Crippen molar-refractivity contribution in [3.05, 3.63) is 23.8 Å². The molecule has 1 aliphatic heterocycles. The van der Waals surface area contributed by atoms with Gasteiger partial charge in [-0.2, -0.15) is 0 Å². The molecule has 0 saturated heterocycles. The maximum absolute atomic E-state index is 11.3. The molecular formula is C14H17NO3. The number of nitrogens with one attached hydrogen (secondary N) is 1. The number of hydrogen-bond donors (Lipinski definition) is 2. The molecule has 2 aliphatic rings. The Morgan fingerprint density at radius 3 is 2.89 bits per heavy atom. The Bertz CT molecular complexity index is 466. The lowest BCUT2D eigenvalue weighted by molar-refractivity contribution is -0.118. The minimum Gasteiger partial charge on any atom is -0.482 e. The normalized spacial score (nSPS) is 21.1. The number of hydrogen-bond acceptors (Lipinski definition) is 3. The van der Waals surface area contributed by atoms with E-state index in [4.69, 9.17) is 4.74 Å². The SMILES string of the molecule is O=C1COc2ccc(C(O)C3CCCC3)cc2N1. The molecule has 96 valence electrons. The number of amides is 1. The highest BCUT2D eigenvalue weighted by molar-refractivity contribution is 5.95. The molecule has 1 aromatic rings. The van der Waals surface area contributed by atoms with Gasteiger partial charge >= 0.3 is 0 Å². The average molecular weight is 247 g/mol. The van der Waals surface area contributed by atoms with E-state index in [-0.39, 0.29) is 12.5 Å². The summed E-state index contributed by atoms with van der Waals surface area (Å²) in [5.41, 5.74) is 1.53. The van der Waals surface area contributed by atoms with Gasteiger partial charge in [0.15, 0.2) is 6.61 Å². The number of benzene rings is 1. The van der Waals surface area contributed by atoms with Crippen molar-refractivity contribution in [2.24, 2.45) is 5.92 Å². The molecule has 1 aliphatic carbocycles. The van der Waals surface area contributed by atoms with Crippen LogP contribution in [0.4, 0.5) is 5.69 Å². The summed E-state index contributed by atoms with van der Waals surface area (Å²) in [5.74, 6) is 0.884. The molecule has 18 heavy (non-hydrogen) atoms. The number of carbonyl (C=O) groups is 1. The van der Waals surface area contributed by atoms with E-state index in [1.807, 2.05) is 18.2 Å². The first kappa shape index (κ1) is 11.5. The van der Waals surface area contributed by atoms with E-state index in [0.717, 1.165) is 18.4 Å². The second kappa shape index (κ2) is 4.61. The summed E-state index contributed by atoms with van der Waals surface area (Å²) in [6, 6.07) is 5.54. The Balaban J connectivity index is 1.84. The van der Waals surface area contributed by atoms with Crippen LogP contribution in [-0.2, 0) is 4.79 Å². The van der Waals surface area contributed by atoms with Crippen molar-refractivity contribution in [1.29, 1.82) is 0 Å². The third-order valence-corrected chi connectivity index (χ3v) is 3.82. The molecule has 4 nitrogen and oxygen atoms in total. The molecule has 1 heterocycles. The molecule has 0 spiro atoms. The van der Waals surface area contributed by atoms with Crippen LogP contribution in [0.1, 0.15) is 37.4 Å². The van der Waals surface area contributed by atoms with Gasteiger partial charge in [-0.25, -0.2) is 0 Å². The number of fused-ring (bicyclic) bond motifs is 1. The van der Waals surface area contributed by atoms with Crippen LogP contribution in [0, 0.1) is 5.92 Å². The van der Waals surface area contributed by atoms with Crippen LogP contribution in [0.2, 0.25) is 0 Å². The Morgan fingerprint density at radius 2 is 2.11 bits per heavy atom. The number of rotatable bonds is 2. The first-order valence-corrected chi connectivity index (χ1v) is 6.49. The number of ether oxygens (including phenoxy) is 1. The van der Waals surface area contributed by atoms with Crippen LogP contribution in [-0.4, -0.2) is 17.6 Å². The van der Waals surface area contributed by atoms with Crippen molar-refractivity contribution < 1.29 is 14.6 Å². The Labute approximate surface area is 106 Å². The first-order valence-electron chi connectivity index (χ1n) is 6.49. The summed E-state index contributed by atoms with van der Waals surface area (Å²) in [6.07, 6.45) is 4.14. The van der Waals surface area contributed by atoms with Gasteiger partial charge in [-0.3, -0.25) is 4.79 Å². The molecule has 1 fully saturated rings. The van der Waals surface area contributed by atoms with Gasteiger partial charge in [0.05, 0.1) is 11.8 Å². The first-order chi connectivity index (χ1) is 8.74. The maximum atomic E-state index is 11.3. The van der Waals surface area contributed by atoms with E-state index in [2.05, 4.69) is 5.32 Å². The molecule has 2 N–H and O–H groups in total. The predicted molar refractivity (Wildman–Crippen MR) is 67.5 cm³/mol. The van der Waals surface area contributed by atoms with Gasteiger partial charge in [0, 0.05) is 0 Å². The highest BCUT2D eigenvalue weighted by Gasteiger charge is 2.26. The van der Waals surface area contributed by atoms with Gasteiger partial charge in [-0.1, -0.05) is 18.9 Å². The zero-order valence-electron chi connectivity index (χ0n) is 10.2. The quantitative estimate of drug-likeness (QED) is 0.842. The van der Waals surface area contributed by atoms with Crippen LogP contribution < -0.4 is 10.1 Å². The van der Waals surface area contributed by atoms with Crippen molar-refractivity contribution in [2.75, 3.05) is 11.9 Å². The van der Waals surface area contributed by atoms with Crippen LogP contribution in [0.15, 0.2) is 18.2 Å². The summed E-state index contributed by atoms with van der Waals surface area (Å²) in [6.45, 7) is 0.0670. The van der Waals surface area contributed by atoms with Gasteiger partial charge in [0.1, 0.15) is 5.75 Å². The standard InChI is InChI=1S/C14H17NO3/c16-13-8-18-12-6-5-10(7-11(12)15-13)14(17)9-3-1-2-4-9/h5-7,9,14,17H,1-4,8H2,(H,15,16). The second-order valence-electron chi connectivity index (χ2n) is 5.08. The molecule has 1 atom stereocenters. The lowest BCUT2D eigenvalue weighted by Gasteiger charge is -2.22. The molecule has 1 unspecified atom stereocenters. The van der Waals surface area contributed by atoms with Gasteiger partial charge in [-0.15, -0.1) is 0 Å². The highest BCUT2D eigenvalue weighted by atomic mass is 16.5. The molecule has 0 radical (unpaired) electrons. The van der Waals surface area contributed by atoms with Crippen LogP contribution in [0.3, 0.4) is 0 Å². The van der Waals surface area contributed by atoms with Crippen molar-refractivity contribution in [1.82, 2.24) is 0 Å². The fourth-order valence-corrected chi connectivity index (χ4v) is 2.83.